The van der Waals surface area contributed by atoms with E-state index in [1.165, 1.54) is 6.07 Å². The van der Waals surface area contributed by atoms with E-state index in [0.717, 1.165) is 12.1 Å². The van der Waals surface area contributed by atoms with Crippen LogP contribution in [0.1, 0.15) is 30.6 Å². The molecule has 0 aliphatic rings. The molecule has 3 N–H and O–H groups in total. The van der Waals surface area contributed by atoms with Gasteiger partial charge in [-0.2, -0.15) is 0 Å². The Kier molecular flexibility index (Phi) is 4.17. The zero-order valence-electron chi connectivity index (χ0n) is 9.89. The fourth-order valence-corrected chi connectivity index (χ4v) is 1.44. The topological polar surface area (TPSA) is 55.1 Å². The largest absolute Gasteiger partial charge is 0.347 e. The first-order valence-corrected chi connectivity index (χ1v) is 5.33. The molecular formula is C12H16F2N2O. The van der Waals surface area contributed by atoms with E-state index in [-0.39, 0.29) is 5.56 Å². The van der Waals surface area contributed by atoms with Crippen LogP contribution >= 0.6 is 0 Å². The van der Waals surface area contributed by atoms with Crippen molar-refractivity contribution in [2.45, 2.75) is 25.8 Å². The summed E-state index contributed by atoms with van der Waals surface area (Å²) in [6.07, 6.45) is 0.600. The van der Waals surface area contributed by atoms with Crippen molar-refractivity contribution in [3.63, 3.8) is 0 Å². The van der Waals surface area contributed by atoms with E-state index >= 15 is 0 Å². The van der Waals surface area contributed by atoms with E-state index in [4.69, 9.17) is 5.73 Å². The molecule has 0 aromatic heterocycles. The first-order valence-electron chi connectivity index (χ1n) is 5.33. The van der Waals surface area contributed by atoms with Gasteiger partial charge < -0.3 is 11.1 Å². The molecule has 1 aromatic rings. The van der Waals surface area contributed by atoms with Crippen LogP contribution in [0.3, 0.4) is 0 Å². The van der Waals surface area contributed by atoms with Crippen LogP contribution in [0.4, 0.5) is 8.78 Å². The molecule has 0 atom stereocenters. The van der Waals surface area contributed by atoms with Crippen LogP contribution in [0.25, 0.3) is 0 Å². The predicted molar refractivity (Wildman–Crippen MR) is 61.6 cm³/mol. The maximum absolute atomic E-state index is 12.9. The van der Waals surface area contributed by atoms with Gasteiger partial charge in [-0.1, -0.05) is 0 Å². The van der Waals surface area contributed by atoms with Gasteiger partial charge in [0.1, 0.15) is 0 Å². The van der Waals surface area contributed by atoms with Gasteiger partial charge in [0.15, 0.2) is 11.6 Å². The average molecular weight is 242 g/mol. The summed E-state index contributed by atoms with van der Waals surface area (Å²) in [4.78, 5) is 11.8. The Labute approximate surface area is 99.0 Å². The highest BCUT2D eigenvalue weighted by Gasteiger charge is 2.20. The normalized spacial score (nSPS) is 11.4. The van der Waals surface area contributed by atoms with Gasteiger partial charge in [-0.15, -0.1) is 0 Å². The summed E-state index contributed by atoms with van der Waals surface area (Å²) in [6, 6.07) is 3.05. The van der Waals surface area contributed by atoms with Crippen molar-refractivity contribution in [3.8, 4) is 0 Å². The number of benzene rings is 1. The minimum absolute atomic E-state index is 0.0917. The molecule has 0 saturated carbocycles. The highest BCUT2D eigenvalue weighted by atomic mass is 19.2. The van der Waals surface area contributed by atoms with E-state index in [2.05, 4.69) is 5.32 Å². The molecule has 94 valence electrons. The number of hydrogen-bond donors (Lipinski definition) is 2. The Balaban J connectivity index is 2.80. The second kappa shape index (κ2) is 5.23. The van der Waals surface area contributed by atoms with Crippen molar-refractivity contribution >= 4 is 5.91 Å². The number of nitrogens with two attached hydrogens (primary N) is 1. The van der Waals surface area contributed by atoms with Crippen molar-refractivity contribution in [1.29, 1.82) is 0 Å². The van der Waals surface area contributed by atoms with Gasteiger partial charge in [-0.05, 0) is 45.0 Å². The van der Waals surface area contributed by atoms with E-state index in [9.17, 15) is 13.6 Å². The Morgan fingerprint density at radius 1 is 1.35 bits per heavy atom. The third-order valence-electron chi connectivity index (χ3n) is 2.40. The maximum Gasteiger partial charge on any atom is 0.251 e. The van der Waals surface area contributed by atoms with Gasteiger partial charge in [0.05, 0.1) is 0 Å². The molecule has 17 heavy (non-hydrogen) atoms. The van der Waals surface area contributed by atoms with Crippen LogP contribution in [0.2, 0.25) is 0 Å². The summed E-state index contributed by atoms with van der Waals surface area (Å²) < 4.78 is 25.6. The van der Waals surface area contributed by atoms with Crippen molar-refractivity contribution in [3.05, 3.63) is 35.4 Å². The first kappa shape index (κ1) is 13.6. The Morgan fingerprint density at radius 3 is 2.53 bits per heavy atom. The van der Waals surface area contributed by atoms with Crippen LogP contribution < -0.4 is 11.1 Å². The van der Waals surface area contributed by atoms with E-state index in [0.29, 0.717) is 13.0 Å². The Bertz CT molecular complexity index is 419. The van der Waals surface area contributed by atoms with Crippen LogP contribution in [0.5, 0.6) is 0 Å². The lowest BCUT2D eigenvalue weighted by atomic mass is 10.00. The van der Waals surface area contributed by atoms with Crippen LogP contribution in [0, 0.1) is 11.6 Å². The third-order valence-corrected chi connectivity index (χ3v) is 2.40. The lowest BCUT2D eigenvalue weighted by molar-refractivity contribution is 0.0910. The molecule has 0 spiro atoms. The fraction of sp³-hybridized carbons (Fsp3) is 0.417. The van der Waals surface area contributed by atoms with E-state index in [1.807, 2.05) is 13.8 Å². The molecule has 0 fully saturated rings. The quantitative estimate of drug-likeness (QED) is 0.846. The third kappa shape index (κ3) is 3.78. The molecule has 0 bridgehead atoms. The number of rotatable bonds is 4. The second-order valence-electron chi connectivity index (χ2n) is 4.51. The van der Waals surface area contributed by atoms with Gasteiger partial charge in [-0.25, -0.2) is 8.78 Å². The summed E-state index contributed by atoms with van der Waals surface area (Å²) >= 11 is 0. The SMILES string of the molecule is CC(C)(CCN)NC(=O)c1ccc(F)c(F)c1. The second-order valence-corrected chi connectivity index (χ2v) is 4.51. The molecule has 1 aromatic carbocycles. The van der Waals surface area contributed by atoms with Crippen LogP contribution in [-0.4, -0.2) is 18.0 Å². The Hall–Kier alpha value is -1.49. The number of halogens is 2. The van der Waals surface area contributed by atoms with Crippen molar-refractivity contribution in [2.75, 3.05) is 6.54 Å². The molecule has 0 aliphatic carbocycles. The average Bonchev–Trinajstić information content (AvgIpc) is 2.21. The molecule has 1 rings (SSSR count). The van der Waals surface area contributed by atoms with Crippen LogP contribution in [0.15, 0.2) is 18.2 Å². The van der Waals surface area contributed by atoms with Gasteiger partial charge >= 0.3 is 0 Å². The molecular weight excluding hydrogens is 226 g/mol. The van der Waals surface area contributed by atoms with Crippen molar-refractivity contribution in [1.82, 2.24) is 5.32 Å². The minimum Gasteiger partial charge on any atom is -0.347 e. The summed E-state index contributed by atoms with van der Waals surface area (Å²) in [5, 5.41) is 2.71. The number of carbonyl (C=O) groups is 1. The Morgan fingerprint density at radius 2 is 2.00 bits per heavy atom. The highest BCUT2D eigenvalue weighted by Crippen LogP contribution is 2.12. The number of hydrogen-bond acceptors (Lipinski definition) is 2. The zero-order valence-corrected chi connectivity index (χ0v) is 9.89. The number of nitrogens with one attached hydrogen (secondary N) is 1. The number of amides is 1. The zero-order chi connectivity index (χ0) is 13.1. The minimum atomic E-state index is -1.03. The van der Waals surface area contributed by atoms with Crippen molar-refractivity contribution < 1.29 is 13.6 Å². The molecule has 0 radical (unpaired) electrons. The summed E-state index contributed by atoms with van der Waals surface area (Å²) in [5.74, 6) is -2.45. The summed E-state index contributed by atoms with van der Waals surface area (Å²) in [6.45, 7) is 4.07. The standard InChI is InChI=1S/C12H16F2N2O/c1-12(2,5-6-15)16-11(17)8-3-4-9(13)10(14)7-8/h3-4,7H,5-6,15H2,1-2H3,(H,16,17). The lowest BCUT2D eigenvalue weighted by Gasteiger charge is -2.25. The monoisotopic (exact) mass is 242 g/mol. The first-order chi connectivity index (χ1) is 7.85. The molecule has 0 heterocycles. The van der Waals surface area contributed by atoms with Gasteiger partial charge in [-0.3, -0.25) is 4.79 Å². The van der Waals surface area contributed by atoms with Gasteiger partial charge in [0, 0.05) is 11.1 Å². The maximum atomic E-state index is 12.9. The van der Waals surface area contributed by atoms with Gasteiger partial charge in [0.2, 0.25) is 0 Å². The molecule has 0 unspecified atom stereocenters. The number of carbonyl (C=O) groups excluding carboxylic acids is 1. The summed E-state index contributed by atoms with van der Waals surface area (Å²) in [7, 11) is 0. The summed E-state index contributed by atoms with van der Waals surface area (Å²) in [5.41, 5.74) is 5.03. The molecule has 1 amide bonds. The molecule has 0 saturated heterocycles. The molecule has 0 aliphatic heterocycles. The highest BCUT2D eigenvalue weighted by molar-refractivity contribution is 5.94. The van der Waals surface area contributed by atoms with Gasteiger partial charge in [0.25, 0.3) is 5.91 Å². The van der Waals surface area contributed by atoms with Crippen LogP contribution in [-0.2, 0) is 0 Å². The predicted octanol–water partition coefficient (Wildman–Crippen LogP) is 1.82. The van der Waals surface area contributed by atoms with Crippen molar-refractivity contribution in [2.24, 2.45) is 5.73 Å². The smallest absolute Gasteiger partial charge is 0.251 e. The van der Waals surface area contributed by atoms with E-state index < -0.39 is 23.1 Å². The molecule has 3 nitrogen and oxygen atoms in total. The lowest BCUT2D eigenvalue weighted by Crippen LogP contribution is -2.44. The fourth-order valence-electron chi connectivity index (χ4n) is 1.44. The molecule has 5 heteroatoms. The van der Waals surface area contributed by atoms with E-state index in [1.54, 1.807) is 0 Å².